The number of carbonyl (C=O) groups is 3. The third-order valence-electron chi connectivity index (χ3n) is 13.6. The molecule has 0 N–H and O–H groups in total. The predicted molar refractivity (Wildman–Crippen MR) is 302 cm³/mol. The second kappa shape index (κ2) is 58.9. The molecular weight excluding hydrogens is 865 g/mol. The lowest BCUT2D eigenvalue weighted by molar-refractivity contribution is -0.167. The van der Waals surface area contributed by atoms with E-state index in [9.17, 15) is 14.4 Å². The topological polar surface area (TPSA) is 78.9 Å². The van der Waals surface area contributed by atoms with Gasteiger partial charge in [-0.1, -0.05) is 268 Å². The number of unbranched alkanes of at least 4 members (excludes halogenated alkanes) is 37. The lowest BCUT2D eigenvalue weighted by Gasteiger charge is -2.18. The molecule has 0 radical (unpaired) electrons. The van der Waals surface area contributed by atoms with Crippen LogP contribution in [0.1, 0.15) is 323 Å². The fourth-order valence-electron chi connectivity index (χ4n) is 8.92. The van der Waals surface area contributed by atoms with E-state index in [4.69, 9.17) is 14.2 Å². The molecule has 0 fully saturated rings. The van der Waals surface area contributed by atoms with Gasteiger partial charge in [-0.2, -0.15) is 0 Å². The second-order valence-corrected chi connectivity index (χ2v) is 20.6. The van der Waals surface area contributed by atoms with E-state index in [-0.39, 0.29) is 31.1 Å². The van der Waals surface area contributed by atoms with Gasteiger partial charge in [0.25, 0.3) is 0 Å². The summed E-state index contributed by atoms with van der Waals surface area (Å²) in [4.78, 5) is 38.2. The van der Waals surface area contributed by atoms with Crippen LogP contribution in [0.25, 0.3) is 0 Å². The highest BCUT2D eigenvalue weighted by Crippen LogP contribution is 2.16. The first-order valence-corrected chi connectivity index (χ1v) is 30.6. The van der Waals surface area contributed by atoms with Crippen molar-refractivity contribution in [1.29, 1.82) is 0 Å². The van der Waals surface area contributed by atoms with Gasteiger partial charge in [-0.3, -0.25) is 14.4 Å². The van der Waals surface area contributed by atoms with Crippen molar-refractivity contribution in [3.05, 3.63) is 48.6 Å². The highest BCUT2D eigenvalue weighted by Gasteiger charge is 2.19. The molecule has 408 valence electrons. The molecular formula is C64H116O6. The van der Waals surface area contributed by atoms with E-state index in [1.54, 1.807) is 0 Å². The quantitative estimate of drug-likeness (QED) is 0.0261. The van der Waals surface area contributed by atoms with Gasteiger partial charge >= 0.3 is 17.9 Å². The van der Waals surface area contributed by atoms with Gasteiger partial charge in [0.15, 0.2) is 6.10 Å². The molecule has 0 aromatic heterocycles. The van der Waals surface area contributed by atoms with Crippen molar-refractivity contribution in [3.8, 4) is 0 Å². The molecule has 6 heteroatoms. The third-order valence-corrected chi connectivity index (χ3v) is 13.6. The van der Waals surface area contributed by atoms with Crippen LogP contribution < -0.4 is 0 Å². The van der Waals surface area contributed by atoms with Crippen LogP contribution >= 0.6 is 0 Å². The van der Waals surface area contributed by atoms with Gasteiger partial charge in [0, 0.05) is 19.3 Å². The number of hydrogen-bond donors (Lipinski definition) is 0. The molecule has 70 heavy (non-hydrogen) atoms. The van der Waals surface area contributed by atoms with E-state index in [0.29, 0.717) is 19.3 Å². The maximum absolute atomic E-state index is 12.9. The van der Waals surface area contributed by atoms with Gasteiger partial charge in [0.05, 0.1) is 0 Å². The molecule has 0 aliphatic carbocycles. The molecule has 0 saturated heterocycles. The number of hydrogen-bond acceptors (Lipinski definition) is 6. The molecule has 1 unspecified atom stereocenters. The summed E-state index contributed by atoms with van der Waals surface area (Å²) >= 11 is 0. The van der Waals surface area contributed by atoms with E-state index in [1.807, 2.05) is 0 Å². The number of allylic oxidation sites excluding steroid dienone is 8. The van der Waals surface area contributed by atoms with Crippen molar-refractivity contribution in [2.24, 2.45) is 0 Å². The predicted octanol–water partition coefficient (Wildman–Crippen LogP) is 20.6. The third kappa shape index (κ3) is 56.3. The average Bonchev–Trinajstić information content (AvgIpc) is 3.36. The van der Waals surface area contributed by atoms with E-state index in [2.05, 4.69) is 69.4 Å². The average molecular weight is 982 g/mol. The van der Waals surface area contributed by atoms with Crippen LogP contribution in [0.2, 0.25) is 0 Å². The largest absolute Gasteiger partial charge is 0.462 e. The van der Waals surface area contributed by atoms with E-state index >= 15 is 0 Å². The zero-order chi connectivity index (χ0) is 50.7. The maximum atomic E-state index is 12.9. The summed E-state index contributed by atoms with van der Waals surface area (Å²) in [6.07, 6.45) is 72.4. The Morgan fingerprint density at radius 2 is 0.514 bits per heavy atom. The van der Waals surface area contributed by atoms with Crippen LogP contribution in [0.5, 0.6) is 0 Å². The van der Waals surface area contributed by atoms with Crippen LogP contribution in [0, 0.1) is 0 Å². The Balaban J connectivity index is 4.37. The van der Waals surface area contributed by atoms with Gasteiger partial charge in [-0.05, 0) is 83.5 Å². The van der Waals surface area contributed by atoms with Gasteiger partial charge < -0.3 is 14.2 Å². The standard InChI is InChI=1S/C64H116O6/c1-4-7-10-13-16-19-22-25-28-30-31-32-33-34-37-39-42-45-48-51-54-57-63(66)69-60-61(59-68-62(65)56-53-50-47-44-41-38-35-27-24-21-18-15-12-9-6-3)70-64(67)58-55-52-49-46-43-40-36-29-26-23-20-17-14-11-8-5-2/h22,25,29-31,33-34,36,61H,4-21,23-24,26-28,32,35,37-60H2,1-3H3/b25-22-,31-30-,34-33-,36-29-. The fraction of sp³-hybridized carbons (Fsp3) is 0.828. The molecule has 0 heterocycles. The number of rotatable bonds is 56. The zero-order valence-corrected chi connectivity index (χ0v) is 46.8. The van der Waals surface area contributed by atoms with Gasteiger partial charge in [0.2, 0.25) is 0 Å². The summed E-state index contributed by atoms with van der Waals surface area (Å²) < 4.78 is 16.9. The van der Waals surface area contributed by atoms with Crippen LogP contribution in [0.3, 0.4) is 0 Å². The number of carbonyl (C=O) groups excluding carboxylic acids is 3. The van der Waals surface area contributed by atoms with Crippen molar-refractivity contribution < 1.29 is 28.6 Å². The summed E-state index contributed by atoms with van der Waals surface area (Å²) in [7, 11) is 0. The van der Waals surface area contributed by atoms with Crippen molar-refractivity contribution >= 4 is 17.9 Å². The Bertz CT molecular complexity index is 1220. The van der Waals surface area contributed by atoms with E-state index < -0.39 is 6.10 Å². The molecule has 0 aromatic carbocycles. The Morgan fingerprint density at radius 3 is 0.814 bits per heavy atom. The van der Waals surface area contributed by atoms with Crippen molar-refractivity contribution in [2.75, 3.05) is 13.2 Å². The molecule has 0 aliphatic heterocycles. The normalized spacial score (nSPS) is 12.3. The van der Waals surface area contributed by atoms with Crippen LogP contribution in [0.4, 0.5) is 0 Å². The summed E-state index contributed by atoms with van der Waals surface area (Å²) in [5.41, 5.74) is 0. The van der Waals surface area contributed by atoms with E-state index in [0.717, 1.165) is 83.5 Å². The Kier molecular flexibility index (Phi) is 56.7. The van der Waals surface area contributed by atoms with Gasteiger partial charge in [-0.15, -0.1) is 0 Å². The highest BCUT2D eigenvalue weighted by atomic mass is 16.6. The first-order chi connectivity index (χ1) is 34.5. The smallest absolute Gasteiger partial charge is 0.306 e. The van der Waals surface area contributed by atoms with Gasteiger partial charge in [-0.25, -0.2) is 0 Å². The molecule has 0 saturated carbocycles. The van der Waals surface area contributed by atoms with E-state index in [1.165, 1.54) is 199 Å². The molecule has 0 aliphatic rings. The second-order valence-electron chi connectivity index (χ2n) is 20.6. The molecule has 6 nitrogen and oxygen atoms in total. The molecule has 0 spiro atoms. The molecule has 0 amide bonds. The SMILES string of the molecule is CCCCCCC/C=C\C/C=C\C/C=C\CCCCCCCCC(=O)OCC(COC(=O)CCCCCCCCCCCCCCCCC)OC(=O)CCCCCCC/C=C\CCCCCCCCC. The summed E-state index contributed by atoms with van der Waals surface area (Å²) in [6, 6.07) is 0. The zero-order valence-electron chi connectivity index (χ0n) is 46.8. The Morgan fingerprint density at radius 1 is 0.286 bits per heavy atom. The number of esters is 3. The lowest BCUT2D eigenvalue weighted by Crippen LogP contribution is -2.30. The molecule has 0 rings (SSSR count). The maximum Gasteiger partial charge on any atom is 0.306 e. The number of ether oxygens (including phenoxy) is 3. The van der Waals surface area contributed by atoms with Crippen LogP contribution in [-0.4, -0.2) is 37.2 Å². The summed E-state index contributed by atoms with van der Waals surface area (Å²) in [5, 5.41) is 0. The first kappa shape index (κ1) is 67.4. The molecule has 0 bridgehead atoms. The minimum Gasteiger partial charge on any atom is -0.462 e. The summed E-state index contributed by atoms with van der Waals surface area (Å²) in [5.74, 6) is -0.881. The summed E-state index contributed by atoms with van der Waals surface area (Å²) in [6.45, 7) is 6.65. The Labute approximate surface area is 435 Å². The molecule has 0 aromatic rings. The Hall–Kier alpha value is -2.63. The van der Waals surface area contributed by atoms with Crippen LogP contribution in [-0.2, 0) is 28.6 Å². The minimum absolute atomic E-state index is 0.0775. The van der Waals surface area contributed by atoms with Crippen molar-refractivity contribution in [3.63, 3.8) is 0 Å². The van der Waals surface area contributed by atoms with Crippen molar-refractivity contribution in [2.45, 2.75) is 329 Å². The monoisotopic (exact) mass is 981 g/mol. The minimum atomic E-state index is -0.781. The first-order valence-electron chi connectivity index (χ1n) is 30.6. The van der Waals surface area contributed by atoms with Gasteiger partial charge in [0.1, 0.15) is 13.2 Å². The fourth-order valence-corrected chi connectivity index (χ4v) is 8.92. The molecule has 1 atom stereocenters. The van der Waals surface area contributed by atoms with Crippen molar-refractivity contribution in [1.82, 2.24) is 0 Å². The van der Waals surface area contributed by atoms with Crippen LogP contribution in [0.15, 0.2) is 48.6 Å². The highest BCUT2D eigenvalue weighted by molar-refractivity contribution is 5.71. The lowest BCUT2D eigenvalue weighted by atomic mass is 10.0.